The highest BCUT2D eigenvalue weighted by Gasteiger charge is 2.20. The lowest BCUT2D eigenvalue weighted by Crippen LogP contribution is -2.33. The van der Waals surface area contributed by atoms with Crippen LogP contribution in [0.15, 0.2) is 60.8 Å². The lowest BCUT2D eigenvalue weighted by atomic mass is 10.1. The monoisotopic (exact) mass is 396 g/mol. The minimum absolute atomic E-state index is 0.106. The summed E-state index contributed by atoms with van der Waals surface area (Å²) in [6.45, 7) is 5.39. The van der Waals surface area contributed by atoms with Crippen LogP contribution in [0.25, 0.3) is 5.69 Å². The van der Waals surface area contributed by atoms with Crippen LogP contribution < -0.4 is 10.2 Å². The Hall–Kier alpha value is -2.79. The summed E-state index contributed by atoms with van der Waals surface area (Å²) >= 11 is 5.99. The normalized spacial score (nSPS) is 10.9. The van der Waals surface area contributed by atoms with Crippen LogP contribution >= 0.6 is 11.6 Å². The number of para-hydroxylation sites is 1. The van der Waals surface area contributed by atoms with E-state index in [0.29, 0.717) is 17.1 Å². The molecule has 3 rings (SSSR count). The zero-order chi connectivity index (χ0) is 20.1. The van der Waals surface area contributed by atoms with Crippen molar-refractivity contribution in [3.05, 3.63) is 77.1 Å². The van der Waals surface area contributed by atoms with Crippen LogP contribution in [0.5, 0.6) is 0 Å². The first kappa shape index (κ1) is 20.0. The molecule has 0 aliphatic heterocycles. The van der Waals surface area contributed by atoms with Crippen LogP contribution in [-0.2, 0) is 0 Å². The molecule has 0 bridgehead atoms. The van der Waals surface area contributed by atoms with Gasteiger partial charge in [0.1, 0.15) is 0 Å². The zero-order valence-corrected chi connectivity index (χ0v) is 17.1. The molecule has 28 heavy (non-hydrogen) atoms. The fourth-order valence-electron chi connectivity index (χ4n) is 3.12. The Labute approximate surface area is 170 Å². The molecule has 0 unspecified atom stereocenters. The number of amides is 1. The van der Waals surface area contributed by atoms with Crippen molar-refractivity contribution in [1.82, 2.24) is 15.1 Å². The van der Waals surface area contributed by atoms with Crippen molar-refractivity contribution < 1.29 is 4.79 Å². The predicted molar refractivity (Wildman–Crippen MR) is 115 cm³/mol. The standard InChI is InChI=1S/C22H25ClN4O/c1-16(2)21-20(15-25-27(21)19-11-9-17(23)10-12-19)22(28)24-13-14-26(3)18-7-5-4-6-8-18/h4-12,15-16H,13-14H2,1-3H3,(H,24,28). The molecule has 1 amide bonds. The van der Waals surface area contributed by atoms with Crippen molar-refractivity contribution in [2.45, 2.75) is 19.8 Å². The summed E-state index contributed by atoms with van der Waals surface area (Å²) in [6, 6.07) is 17.5. The number of anilines is 1. The Bertz CT molecular complexity index is 919. The topological polar surface area (TPSA) is 50.2 Å². The molecule has 0 spiro atoms. The molecule has 1 aromatic heterocycles. The molecule has 0 saturated heterocycles. The van der Waals surface area contributed by atoms with Crippen molar-refractivity contribution in [2.75, 3.05) is 25.0 Å². The van der Waals surface area contributed by atoms with Crippen LogP contribution in [0.2, 0.25) is 5.02 Å². The van der Waals surface area contributed by atoms with Crippen molar-refractivity contribution in [1.29, 1.82) is 0 Å². The third-order valence-corrected chi connectivity index (χ3v) is 4.85. The van der Waals surface area contributed by atoms with Gasteiger partial charge in [-0.25, -0.2) is 4.68 Å². The lowest BCUT2D eigenvalue weighted by Gasteiger charge is -2.19. The maximum Gasteiger partial charge on any atom is 0.254 e. The molecule has 2 aromatic carbocycles. The van der Waals surface area contributed by atoms with Gasteiger partial charge in [-0.15, -0.1) is 0 Å². The Kier molecular flexibility index (Phi) is 6.37. The van der Waals surface area contributed by atoms with E-state index in [1.807, 2.05) is 54.2 Å². The molecule has 0 aliphatic rings. The van der Waals surface area contributed by atoms with Gasteiger partial charge < -0.3 is 10.2 Å². The van der Waals surface area contributed by atoms with Gasteiger partial charge in [0, 0.05) is 30.8 Å². The number of likely N-dealkylation sites (N-methyl/N-ethyl adjacent to an activating group) is 1. The van der Waals surface area contributed by atoms with E-state index in [4.69, 9.17) is 11.6 Å². The molecule has 146 valence electrons. The molecule has 0 atom stereocenters. The highest BCUT2D eigenvalue weighted by molar-refractivity contribution is 6.30. The van der Waals surface area contributed by atoms with Gasteiger partial charge in [0.25, 0.3) is 5.91 Å². The van der Waals surface area contributed by atoms with Crippen LogP contribution in [0.4, 0.5) is 5.69 Å². The summed E-state index contributed by atoms with van der Waals surface area (Å²) in [5.41, 5.74) is 3.50. The van der Waals surface area contributed by atoms with Crippen LogP contribution in [0, 0.1) is 0 Å². The number of halogens is 1. The first-order chi connectivity index (χ1) is 13.5. The number of nitrogens with one attached hydrogen (secondary N) is 1. The van der Waals surface area contributed by atoms with E-state index in [9.17, 15) is 4.79 Å². The maximum atomic E-state index is 12.8. The van der Waals surface area contributed by atoms with E-state index in [-0.39, 0.29) is 11.8 Å². The summed E-state index contributed by atoms with van der Waals surface area (Å²) in [6.07, 6.45) is 1.64. The molecule has 1 N–H and O–H groups in total. The van der Waals surface area contributed by atoms with Crippen molar-refractivity contribution in [3.63, 3.8) is 0 Å². The van der Waals surface area contributed by atoms with Crippen molar-refractivity contribution in [3.8, 4) is 5.69 Å². The van der Waals surface area contributed by atoms with Gasteiger partial charge >= 0.3 is 0 Å². The molecular formula is C22H25ClN4O. The highest BCUT2D eigenvalue weighted by Crippen LogP contribution is 2.24. The second-order valence-corrected chi connectivity index (χ2v) is 7.44. The fourth-order valence-corrected chi connectivity index (χ4v) is 3.25. The van der Waals surface area contributed by atoms with Gasteiger partial charge in [-0.05, 0) is 42.3 Å². The van der Waals surface area contributed by atoms with E-state index in [2.05, 4.69) is 41.3 Å². The molecule has 5 nitrogen and oxygen atoms in total. The van der Waals surface area contributed by atoms with Gasteiger partial charge in [-0.2, -0.15) is 5.10 Å². The lowest BCUT2D eigenvalue weighted by molar-refractivity contribution is 0.0953. The summed E-state index contributed by atoms with van der Waals surface area (Å²) < 4.78 is 1.81. The second kappa shape index (κ2) is 8.93. The quantitative estimate of drug-likeness (QED) is 0.639. The Morgan fingerprint density at radius 1 is 1.14 bits per heavy atom. The molecule has 3 aromatic rings. The number of hydrogen-bond acceptors (Lipinski definition) is 3. The average Bonchev–Trinajstić information content (AvgIpc) is 3.14. The molecule has 0 radical (unpaired) electrons. The van der Waals surface area contributed by atoms with Gasteiger partial charge in [-0.3, -0.25) is 4.79 Å². The molecule has 6 heteroatoms. The van der Waals surface area contributed by atoms with Crippen LogP contribution in [0.3, 0.4) is 0 Å². The fraction of sp³-hybridized carbons (Fsp3) is 0.273. The van der Waals surface area contributed by atoms with Gasteiger partial charge in [0.15, 0.2) is 0 Å². The molecular weight excluding hydrogens is 372 g/mol. The van der Waals surface area contributed by atoms with E-state index in [0.717, 1.165) is 23.6 Å². The first-order valence-corrected chi connectivity index (χ1v) is 9.73. The highest BCUT2D eigenvalue weighted by atomic mass is 35.5. The number of aromatic nitrogens is 2. The summed E-state index contributed by atoms with van der Waals surface area (Å²) in [5, 5.41) is 8.13. The average molecular weight is 397 g/mol. The predicted octanol–water partition coefficient (Wildman–Crippen LogP) is 4.52. The van der Waals surface area contributed by atoms with Crippen molar-refractivity contribution >= 4 is 23.2 Å². The number of benzene rings is 2. The second-order valence-electron chi connectivity index (χ2n) is 7.00. The van der Waals surface area contributed by atoms with E-state index in [1.165, 1.54) is 0 Å². The third-order valence-electron chi connectivity index (χ3n) is 4.60. The number of nitrogens with zero attached hydrogens (tertiary/aromatic N) is 3. The van der Waals surface area contributed by atoms with E-state index in [1.54, 1.807) is 6.20 Å². The van der Waals surface area contributed by atoms with E-state index < -0.39 is 0 Å². The smallest absolute Gasteiger partial charge is 0.254 e. The summed E-state index contributed by atoms with van der Waals surface area (Å²) in [7, 11) is 2.01. The number of carbonyl (C=O) groups excluding carboxylic acids is 1. The summed E-state index contributed by atoms with van der Waals surface area (Å²) in [4.78, 5) is 14.9. The SMILES string of the molecule is CC(C)c1c(C(=O)NCCN(C)c2ccccc2)cnn1-c1ccc(Cl)cc1. The molecule has 0 fully saturated rings. The minimum Gasteiger partial charge on any atom is -0.373 e. The molecule has 1 heterocycles. The number of rotatable bonds is 7. The Morgan fingerprint density at radius 2 is 1.82 bits per heavy atom. The van der Waals surface area contributed by atoms with Crippen molar-refractivity contribution in [2.24, 2.45) is 0 Å². The zero-order valence-electron chi connectivity index (χ0n) is 16.4. The molecule has 0 saturated carbocycles. The van der Waals surface area contributed by atoms with Gasteiger partial charge in [0.05, 0.1) is 23.1 Å². The first-order valence-electron chi connectivity index (χ1n) is 9.35. The Morgan fingerprint density at radius 3 is 2.46 bits per heavy atom. The van der Waals surface area contributed by atoms with E-state index >= 15 is 0 Å². The van der Waals surface area contributed by atoms with Crippen LogP contribution in [0.1, 0.15) is 35.8 Å². The third kappa shape index (κ3) is 4.54. The Balaban J connectivity index is 1.70. The number of carbonyl (C=O) groups is 1. The van der Waals surface area contributed by atoms with Crippen LogP contribution in [-0.4, -0.2) is 35.8 Å². The summed E-state index contributed by atoms with van der Waals surface area (Å²) in [5.74, 6) is 0.0382. The maximum absolute atomic E-state index is 12.8. The van der Waals surface area contributed by atoms with Gasteiger partial charge in [-0.1, -0.05) is 43.6 Å². The number of hydrogen-bond donors (Lipinski definition) is 1. The minimum atomic E-state index is -0.106. The van der Waals surface area contributed by atoms with Gasteiger partial charge in [0.2, 0.25) is 0 Å². The largest absolute Gasteiger partial charge is 0.373 e. The molecule has 0 aliphatic carbocycles.